The summed E-state index contributed by atoms with van der Waals surface area (Å²) in [4.78, 5) is 10.2. The van der Waals surface area contributed by atoms with Crippen molar-refractivity contribution in [3.8, 4) is 11.8 Å². The van der Waals surface area contributed by atoms with Crippen LogP contribution in [0.15, 0.2) is 18.2 Å². The van der Waals surface area contributed by atoms with Gasteiger partial charge in [0, 0.05) is 24.2 Å². The van der Waals surface area contributed by atoms with Crippen molar-refractivity contribution in [2.24, 2.45) is 0 Å². The van der Waals surface area contributed by atoms with Crippen LogP contribution in [0, 0.1) is 21.4 Å². The molecule has 1 N–H and O–H groups in total. The minimum absolute atomic E-state index is 0.00668. The quantitative estimate of drug-likeness (QED) is 0.618. The summed E-state index contributed by atoms with van der Waals surface area (Å²) in [6, 6.07) is 6.26. The van der Waals surface area contributed by atoms with Gasteiger partial charge in [0.05, 0.1) is 4.92 Å². The van der Waals surface area contributed by atoms with Crippen LogP contribution in [0.2, 0.25) is 0 Å². The van der Waals surface area contributed by atoms with Gasteiger partial charge in [-0.2, -0.15) is 5.26 Å². The van der Waals surface area contributed by atoms with Crippen LogP contribution in [0.1, 0.15) is 12.5 Å². The molecule has 1 aromatic rings. The van der Waals surface area contributed by atoms with E-state index in [9.17, 15) is 10.1 Å². The summed E-state index contributed by atoms with van der Waals surface area (Å²) >= 11 is 0. The highest BCUT2D eigenvalue weighted by Crippen LogP contribution is 2.24. The number of nitriles is 1. The van der Waals surface area contributed by atoms with Gasteiger partial charge in [0.15, 0.2) is 6.10 Å². The highest BCUT2D eigenvalue weighted by atomic mass is 16.6. The second kappa shape index (κ2) is 5.82. The lowest BCUT2D eigenvalue weighted by molar-refractivity contribution is -0.384. The van der Waals surface area contributed by atoms with E-state index in [0.717, 1.165) is 0 Å². The number of non-ortho nitro benzene ring substituents is 1. The molecule has 0 aliphatic rings. The molecule has 0 aliphatic carbocycles. The third kappa shape index (κ3) is 3.43. The molecule has 6 heteroatoms. The van der Waals surface area contributed by atoms with Crippen molar-refractivity contribution in [2.75, 3.05) is 7.05 Å². The van der Waals surface area contributed by atoms with Gasteiger partial charge in [-0.05, 0) is 20.0 Å². The summed E-state index contributed by atoms with van der Waals surface area (Å²) < 4.78 is 5.36. The first-order chi connectivity index (χ1) is 8.08. The number of hydrogen-bond donors (Lipinski definition) is 1. The van der Waals surface area contributed by atoms with Crippen LogP contribution in [0.5, 0.6) is 5.75 Å². The second-order valence-corrected chi connectivity index (χ2v) is 3.47. The molecular formula is C11H13N3O3. The van der Waals surface area contributed by atoms with Gasteiger partial charge < -0.3 is 10.1 Å². The molecule has 1 unspecified atom stereocenters. The Morgan fingerprint density at radius 3 is 2.88 bits per heavy atom. The molecule has 0 heterocycles. The summed E-state index contributed by atoms with van der Waals surface area (Å²) in [7, 11) is 1.73. The zero-order valence-corrected chi connectivity index (χ0v) is 9.64. The number of nitro benzene ring substituents is 1. The lowest BCUT2D eigenvalue weighted by Gasteiger charge is -2.12. The molecule has 0 aliphatic heterocycles. The van der Waals surface area contributed by atoms with E-state index in [4.69, 9.17) is 10.00 Å². The first kappa shape index (κ1) is 12.9. The average Bonchev–Trinajstić information content (AvgIpc) is 2.31. The highest BCUT2D eigenvalue weighted by Gasteiger charge is 2.13. The van der Waals surface area contributed by atoms with Gasteiger partial charge in [0.2, 0.25) is 0 Å². The largest absolute Gasteiger partial charge is 0.476 e. The molecule has 17 heavy (non-hydrogen) atoms. The fourth-order valence-corrected chi connectivity index (χ4v) is 1.34. The van der Waals surface area contributed by atoms with Crippen molar-refractivity contribution in [1.82, 2.24) is 5.32 Å². The SMILES string of the molecule is CNCc1cc([N+](=O)[O-])ccc1OC(C)C#N. The van der Waals surface area contributed by atoms with Crippen LogP contribution in [0.4, 0.5) is 5.69 Å². The predicted molar refractivity (Wildman–Crippen MR) is 61.6 cm³/mol. The topological polar surface area (TPSA) is 88.2 Å². The zero-order valence-electron chi connectivity index (χ0n) is 9.64. The first-order valence-electron chi connectivity index (χ1n) is 5.06. The van der Waals surface area contributed by atoms with E-state index in [0.29, 0.717) is 17.9 Å². The minimum atomic E-state index is -0.591. The first-order valence-corrected chi connectivity index (χ1v) is 5.06. The number of nitrogens with one attached hydrogen (secondary N) is 1. The molecule has 0 aromatic heterocycles. The third-order valence-corrected chi connectivity index (χ3v) is 2.11. The van der Waals surface area contributed by atoms with Crippen LogP contribution in [0.25, 0.3) is 0 Å². The van der Waals surface area contributed by atoms with E-state index >= 15 is 0 Å². The standard InChI is InChI=1S/C11H13N3O3/c1-8(6-12)17-11-4-3-10(14(15)16)5-9(11)7-13-2/h3-5,8,13H,7H2,1-2H3. The van der Waals surface area contributed by atoms with E-state index in [1.165, 1.54) is 18.2 Å². The summed E-state index contributed by atoms with van der Waals surface area (Å²) in [5.41, 5.74) is 0.663. The molecule has 0 saturated heterocycles. The molecule has 1 rings (SSSR count). The number of hydrogen-bond acceptors (Lipinski definition) is 5. The van der Waals surface area contributed by atoms with Crippen molar-refractivity contribution in [2.45, 2.75) is 19.6 Å². The number of rotatable bonds is 5. The third-order valence-electron chi connectivity index (χ3n) is 2.11. The second-order valence-electron chi connectivity index (χ2n) is 3.47. The Balaban J connectivity index is 3.04. The summed E-state index contributed by atoms with van der Waals surface area (Å²) in [6.07, 6.45) is -0.591. The van der Waals surface area contributed by atoms with Crippen molar-refractivity contribution in [1.29, 1.82) is 5.26 Å². The fourth-order valence-electron chi connectivity index (χ4n) is 1.34. The Bertz CT molecular complexity index is 454. The Morgan fingerprint density at radius 1 is 1.65 bits per heavy atom. The predicted octanol–water partition coefficient (Wildman–Crippen LogP) is 1.61. The van der Waals surface area contributed by atoms with Gasteiger partial charge in [0.25, 0.3) is 5.69 Å². The van der Waals surface area contributed by atoms with Gasteiger partial charge in [-0.15, -0.1) is 0 Å². The maximum absolute atomic E-state index is 10.6. The van der Waals surface area contributed by atoms with Crippen LogP contribution in [-0.2, 0) is 6.54 Å². The van der Waals surface area contributed by atoms with Crippen LogP contribution in [-0.4, -0.2) is 18.1 Å². The maximum Gasteiger partial charge on any atom is 0.270 e. The Hall–Kier alpha value is -2.13. The molecule has 0 saturated carbocycles. The average molecular weight is 235 g/mol. The molecule has 1 atom stereocenters. The summed E-state index contributed by atoms with van der Waals surface area (Å²) in [5.74, 6) is 0.485. The maximum atomic E-state index is 10.6. The number of nitro groups is 1. The summed E-state index contributed by atoms with van der Waals surface area (Å²) in [5, 5.41) is 22.2. The molecule has 0 fully saturated rings. The molecule has 0 spiro atoms. The van der Waals surface area contributed by atoms with Gasteiger partial charge in [-0.3, -0.25) is 10.1 Å². The van der Waals surface area contributed by atoms with Crippen LogP contribution in [0.3, 0.4) is 0 Å². The molecule has 0 radical (unpaired) electrons. The minimum Gasteiger partial charge on any atom is -0.476 e. The smallest absolute Gasteiger partial charge is 0.270 e. The fraction of sp³-hybridized carbons (Fsp3) is 0.364. The number of benzene rings is 1. The van der Waals surface area contributed by atoms with Gasteiger partial charge in [-0.25, -0.2) is 0 Å². The lowest BCUT2D eigenvalue weighted by atomic mass is 10.1. The molecule has 90 valence electrons. The number of nitrogens with zero attached hydrogens (tertiary/aromatic N) is 2. The van der Waals surface area contributed by atoms with Crippen molar-refractivity contribution >= 4 is 5.69 Å². The van der Waals surface area contributed by atoms with Gasteiger partial charge in [-0.1, -0.05) is 0 Å². The van der Waals surface area contributed by atoms with Gasteiger partial charge >= 0.3 is 0 Å². The van der Waals surface area contributed by atoms with Crippen molar-refractivity contribution in [3.63, 3.8) is 0 Å². The summed E-state index contributed by atoms with van der Waals surface area (Å²) in [6.45, 7) is 2.06. The Labute approximate surface area is 99.0 Å². The van der Waals surface area contributed by atoms with E-state index in [2.05, 4.69) is 5.32 Å². The Morgan fingerprint density at radius 2 is 2.35 bits per heavy atom. The highest BCUT2D eigenvalue weighted by molar-refractivity contribution is 5.44. The number of ether oxygens (including phenoxy) is 1. The van der Waals surface area contributed by atoms with Crippen LogP contribution < -0.4 is 10.1 Å². The lowest BCUT2D eigenvalue weighted by Crippen LogP contribution is -2.13. The Kier molecular flexibility index (Phi) is 4.43. The van der Waals surface area contributed by atoms with E-state index in [1.54, 1.807) is 14.0 Å². The van der Waals surface area contributed by atoms with Crippen molar-refractivity contribution in [3.05, 3.63) is 33.9 Å². The zero-order chi connectivity index (χ0) is 12.8. The van der Waals surface area contributed by atoms with E-state index in [1.807, 2.05) is 6.07 Å². The molecular weight excluding hydrogens is 222 g/mol. The molecule has 0 bridgehead atoms. The van der Waals surface area contributed by atoms with Gasteiger partial charge in [0.1, 0.15) is 11.8 Å². The molecule has 6 nitrogen and oxygen atoms in total. The molecule has 1 aromatic carbocycles. The monoisotopic (exact) mass is 235 g/mol. The van der Waals surface area contributed by atoms with Crippen molar-refractivity contribution < 1.29 is 9.66 Å². The normalized spacial score (nSPS) is 11.6. The molecule has 0 amide bonds. The van der Waals surface area contributed by atoms with E-state index < -0.39 is 11.0 Å². The van der Waals surface area contributed by atoms with E-state index in [-0.39, 0.29) is 5.69 Å². The van der Waals surface area contributed by atoms with Crippen LogP contribution >= 0.6 is 0 Å².